The molecule has 82 valence electrons. The van der Waals surface area contributed by atoms with Crippen molar-refractivity contribution in [3.63, 3.8) is 0 Å². The van der Waals surface area contributed by atoms with Gasteiger partial charge in [-0.15, -0.1) is 0 Å². The van der Waals surface area contributed by atoms with Crippen molar-refractivity contribution in [2.45, 2.75) is 42.7 Å². The Balaban J connectivity index is 2.05. The number of β-amino-alcohol motifs (C(OH)–C–C–N with tert-alkyl or cyclic N) is 1. The van der Waals surface area contributed by atoms with E-state index in [9.17, 15) is 13.9 Å². The average Bonchev–Trinajstić information content (AvgIpc) is 2.07. The number of hydrogen-bond acceptors (Lipinski definition) is 3. The molecule has 4 N–H and O–H groups in total. The highest BCUT2D eigenvalue weighted by Crippen LogP contribution is 2.43. The lowest BCUT2D eigenvalue weighted by Crippen LogP contribution is -2.76. The Kier molecular flexibility index (Phi) is 2.10. The van der Waals surface area contributed by atoms with Crippen molar-refractivity contribution in [2.75, 3.05) is 13.1 Å². The van der Waals surface area contributed by atoms with E-state index in [4.69, 9.17) is 5.73 Å². The maximum Gasteiger partial charge on any atom is 0.248 e. The molecule has 1 heterocycles. The van der Waals surface area contributed by atoms with E-state index in [0.717, 1.165) is 0 Å². The van der Waals surface area contributed by atoms with Crippen molar-refractivity contribution in [3.8, 4) is 0 Å². The maximum atomic E-state index is 12.9. The van der Waals surface area contributed by atoms with Gasteiger partial charge in [-0.05, 0) is 12.8 Å². The summed E-state index contributed by atoms with van der Waals surface area (Å²) in [5.41, 5.74) is 4.21. The molecule has 1 saturated carbocycles. The number of alkyl halides is 2. The van der Waals surface area contributed by atoms with Crippen LogP contribution < -0.4 is 11.1 Å². The second-order valence-electron chi connectivity index (χ2n) is 4.65. The molecule has 0 atom stereocenters. The van der Waals surface area contributed by atoms with Gasteiger partial charge in [-0.3, -0.25) is 0 Å². The Morgan fingerprint density at radius 1 is 1.07 bits per heavy atom. The number of aliphatic hydroxyl groups is 1. The van der Waals surface area contributed by atoms with Crippen LogP contribution in [0.2, 0.25) is 0 Å². The van der Waals surface area contributed by atoms with Crippen molar-refractivity contribution < 1.29 is 13.9 Å². The van der Waals surface area contributed by atoms with Crippen LogP contribution in [-0.2, 0) is 0 Å². The van der Waals surface area contributed by atoms with E-state index in [1.807, 2.05) is 0 Å². The van der Waals surface area contributed by atoms with E-state index in [0.29, 0.717) is 13.1 Å². The molecule has 0 spiro atoms. The lowest BCUT2D eigenvalue weighted by Gasteiger charge is -2.53. The number of rotatable bonds is 1. The molecule has 3 nitrogen and oxygen atoms in total. The largest absolute Gasteiger partial charge is 0.385 e. The summed E-state index contributed by atoms with van der Waals surface area (Å²) in [6.07, 6.45) is 0.00792. The van der Waals surface area contributed by atoms with Crippen molar-refractivity contribution >= 4 is 0 Å². The van der Waals surface area contributed by atoms with Crippen LogP contribution in [0.15, 0.2) is 0 Å². The number of nitrogens with one attached hydrogen (secondary N) is 1. The molecule has 2 aliphatic rings. The van der Waals surface area contributed by atoms with Crippen LogP contribution in [0.3, 0.4) is 0 Å². The summed E-state index contributed by atoms with van der Waals surface area (Å²) in [5.74, 6) is -2.59. The third-order valence-electron chi connectivity index (χ3n) is 3.64. The van der Waals surface area contributed by atoms with Gasteiger partial charge in [-0.2, -0.15) is 0 Å². The van der Waals surface area contributed by atoms with Crippen LogP contribution >= 0.6 is 0 Å². The highest BCUT2D eigenvalue weighted by atomic mass is 19.3. The van der Waals surface area contributed by atoms with Gasteiger partial charge >= 0.3 is 0 Å². The molecule has 2 fully saturated rings. The summed E-state index contributed by atoms with van der Waals surface area (Å²) in [6, 6.07) is 0. The van der Waals surface area contributed by atoms with Gasteiger partial charge in [-0.1, -0.05) is 0 Å². The Hall–Kier alpha value is -0.260. The van der Waals surface area contributed by atoms with E-state index in [1.165, 1.54) is 0 Å². The fourth-order valence-electron chi connectivity index (χ4n) is 2.24. The smallest absolute Gasteiger partial charge is 0.248 e. The summed E-state index contributed by atoms with van der Waals surface area (Å²) >= 11 is 0. The molecule has 2 rings (SSSR count). The van der Waals surface area contributed by atoms with Gasteiger partial charge in [-0.25, -0.2) is 8.78 Å². The zero-order valence-electron chi connectivity index (χ0n) is 8.02. The third-order valence-corrected chi connectivity index (χ3v) is 3.64. The van der Waals surface area contributed by atoms with Crippen LogP contribution in [0.5, 0.6) is 0 Å². The molecular weight excluding hydrogens is 190 g/mol. The van der Waals surface area contributed by atoms with Crippen molar-refractivity contribution in [1.82, 2.24) is 5.32 Å². The second kappa shape index (κ2) is 2.87. The van der Waals surface area contributed by atoms with Gasteiger partial charge < -0.3 is 16.2 Å². The molecule has 0 unspecified atom stereocenters. The van der Waals surface area contributed by atoms with E-state index in [-0.39, 0.29) is 25.7 Å². The number of hydrogen-bond donors (Lipinski definition) is 3. The Bertz CT molecular complexity index is 231. The minimum Gasteiger partial charge on any atom is -0.385 e. The van der Waals surface area contributed by atoms with Crippen LogP contribution in [0, 0.1) is 0 Å². The highest BCUT2D eigenvalue weighted by molar-refractivity contribution is 5.13. The maximum absolute atomic E-state index is 12.9. The fraction of sp³-hybridized carbons (Fsp3) is 1.00. The normalized spacial score (nSPS) is 33.4. The SMILES string of the molecule is NC1(C2(O)CNC2)CCC(F)(F)CC1. The van der Waals surface area contributed by atoms with E-state index >= 15 is 0 Å². The van der Waals surface area contributed by atoms with E-state index in [2.05, 4.69) is 5.32 Å². The quantitative estimate of drug-likeness (QED) is 0.575. The molecule has 14 heavy (non-hydrogen) atoms. The van der Waals surface area contributed by atoms with E-state index in [1.54, 1.807) is 0 Å². The van der Waals surface area contributed by atoms with Gasteiger partial charge in [0.15, 0.2) is 0 Å². The van der Waals surface area contributed by atoms with Gasteiger partial charge in [0.1, 0.15) is 5.60 Å². The molecular formula is C9H16F2N2O. The summed E-state index contributed by atoms with van der Waals surface area (Å²) in [7, 11) is 0. The zero-order chi connectivity index (χ0) is 10.4. The first-order valence-corrected chi connectivity index (χ1v) is 4.97. The summed E-state index contributed by atoms with van der Waals surface area (Å²) < 4.78 is 25.8. The first kappa shape index (κ1) is 10.3. The van der Waals surface area contributed by atoms with Crippen LogP contribution in [-0.4, -0.2) is 35.3 Å². The molecule has 1 aliphatic carbocycles. The summed E-state index contributed by atoms with van der Waals surface area (Å²) in [5, 5.41) is 13.0. The molecule has 5 heteroatoms. The van der Waals surface area contributed by atoms with Gasteiger partial charge in [0.25, 0.3) is 0 Å². The Morgan fingerprint density at radius 3 is 1.93 bits per heavy atom. The molecule has 0 bridgehead atoms. The molecule has 0 aromatic carbocycles. The monoisotopic (exact) mass is 206 g/mol. The fourth-order valence-corrected chi connectivity index (χ4v) is 2.24. The third kappa shape index (κ3) is 1.43. The molecule has 1 saturated heterocycles. The molecule has 0 amide bonds. The van der Waals surface area contributed by atoms with Crippen molar-refractivity contribution in [3.05, 3.63) is 0 Å². The van der Waals surface area contributed by atoms with Crippen molar-refractivity contribution in [1.29, 1.82) is 0 Å². The number of nitrogens with two attached hydrogens (primary N) is 1. The second-order valence-corrected chi connectivity index (χ2v) is 4.65. The Morgan fingerprint density at radius 2 is 1.57 bits per heavy atom. The predicted molar refractivity (Wildman–Crippen MR) is 48.2 cm³/mol. The molecule has 0 aromatic heterocycles. The van der Waals surface area contributed by atoms with Crippen LogP contribution in [0.25, 0.3) is 0 Å². The average molecular weight is 206 g/mol. The first-order valence-electron chi connectivity index (χ1n) is 4.97. The summed E-state index contributed by atoms with van der Waals surface area (Å²) in [4.78, 5) is 0. The molecule has 0 aromatic rings. The minimum atomic E-state index is -2.59. The first-order chi connectivity index (χ1) is 6.37. The van der Waals surface area contributed by atoms with Gasteiger partial charge in [0.05, 0.1) is 0 Å². The van der Waals surface area contributed by atoms with Gasteiger partial charge in [0.2, 0.25) is 5.92 Å². The Labute approximate surface area is 81.7 Å². The summed E-state index contributed by atoms with van der Waals surface area (Å²) in [6.45, 7) is 0.851. The predicted octanol–water partition coefficient (Wildman–Crippen LogP) is 0.227. The standard InChI is InChI=1S/C9H16F2N2O/c10-9(11)3-1-7(12,2-4-9)8(14)5-13-6-8/h13-14H,1-6,12H2. The minimum absolute atomic E-state index is 0.203. The highest BCUT2D eigenvalue weighted by Gasteiger charge is 2.55. The van der Waals surface area contributed by atoms with Crippen LogP contribution in [0.4, 0.5) is 8.78 Å². The van der Waals surface area contributed by atoms with Crippen LogP contribution in [0.1, 0.15) is 25.7 Å². The van der Waals surface area contributed by atoms with Crippen molar-refractivity contribution in [2.24, 2.45) is 5.73 Å². The topological polar surface area (TPSA) is 58.3 Å². The molecule has 0 radical (unpaired) electrons. The number of halogens is 2. The lowest BCUT2D eigenvalue weighted by atomic mass is 9.67. The zero-order valence-corrected chi connectivity index (χ0v) is 8.02. The molecule has 1 aliphatic heterocycles. The van der Waals surface area contributed by atoms with Gasteiger partial charge in [0, 0.05) is 31.5 Å². The van der Waals surface area contributed by atoms with E-state index < -0.39 is 17.1 Å². The lowest BCUT2D eigenvalue weighted by molar-refractivity contribution is -0.126.